The third kappa shape index (κ3) is 5.41. The van der Waals surface area contributed by atoms with E-state index in [9.17, 15) is 19.2 Å². The van der Waals surface area contributed by atoms with Gasteiger partial charge in [-0.2, -0.15) is 0 Å². The highest BCUT2D eigenvalue weighted by Gasteiger charge is 2.39. The molecule has 0 radical (unpaired) electrons. The molecule has 41 heavy (non-hydrogen) atoms. The molecule has 0 aliphatic carbocycles. The summed E-state index contributed by atoms with van der Waals surface area (Å²) in [6.45, 7) is 3.25. The van der Waals surface area contributed by atoms with Crippen molar-refractivity contribution in [3.05, 3.63) is 77.1 Å². The second kappa shape index (κ2) is 11.1. The van der Waals surface area contributed by atoms with Crippen LogP contribution in [-0.4, -0.2) is 68.6 Å². The van der Waals surface area contributed by atoms with E-state index >= 15 is 0 Å². The predicted octanol–water partition coefficient (Wildman–Crippen LogP) is 3.29. The van der Waals surface area contributed by atoms with Crippen molar-refractivity contribution in [1.82, 2.24) is 25.1 Å². The summed E-state index contributed by atoms with van der Waals surface area (Å²) in [6, 6.07) is 11.9. The quantitative estimate of drug-likeness (QED) is 0.465. The highest BCUT2D eigenvalue weighted by molar-refractivity contribution is 6.05. The van der Waals surface area contributed by atoms with Crippen molar-refractivity contribution in [2.45, 2.75) is 57.7 Å². The lowest BCUT2D eigenvalue weighted by molar-refractivity contribution is -0.136. The lowest BCUT2D eigenvalue weighted by Crippen LogP contribution is -2.52. The SMILES string of the molecule is Cc1ccnc(-c2cc(C(=O)N3CCCC[C@H]3COc3ccc4c(c3)CN(C3CCC(=O)NC3=O)C4=O)ccn2)c1. The number of amides is 4. The summed E-state index contributed by atoms with van der Waals surface area (Å²) in [5.41, 5.74) is 4.33. The molecular formula is C31H31N5O5. The number of nitrogens with zero attached hydrogens (tertiary/aromatic N) is 4. The highest BCUT2D eigenvalue weighted by atomic mass is 16.5. The van der Waals surface area contributed by atoms with Crippen LogP contribution < -0.4 is 10.1 Å². The number of likely N-dealkylation sites (tertiary alicyclic amines) is 1. The molecule has 3 aromatic rings. The van der Waals surface area contributed by atoms with E-state index in [4.69, 9.17) is 4.74 Å². The summed E-state index contributed by atoms with van der Waals surface area (Å²) in [7, 11) is 0. The van der Waals surface area contributed by atoms with E-state index in [-0.39, 0.29) is 36.7 Å². The Morgan fingerprint density at radius 3 is 2.61 bits per heavy atom. The van der Waals surface area contributed by atoms with E-state index in [0.717, 1.165) is 36.1 Å². The molecule has 2 saturated heterocycles. The van der Waals surface area contributed by atoms with Gasteiger partial charge in [-0.1, -0.05) is 0 Å². The van der Waals surface area contributed by atoms with Crippen LogP contribution in [0.3, 0.4) is 0 Å². The van der Waals surface area contributed by atoms with E-state index in [2.05, 4.69) is 15.3 Å². The first-order valence-electron chi connectivity index (χ1n) is 14.0. The first kappa shape index (κ1) is 26.6. The topological polar surface area (TPSA) is 122 Å². The minimum atomic E-state index is -0.658. The molecule has 2 aromatic heterocycles. The van der Waals surface area contributed by atoms with Crippen molar-refractivity contribution in [3.63, 3.8) is 0 Å². The molecule has 2 fully saturated rings. The molecule has 3 aliphatic heterocycles. The third-order valence-corrected chi connectivity index (χ3v) is 8.01. The maximum Gasteiger partial charge on any atom is 0.255 e. The van der Waals surface area contributed by atoms with Crippen LogP contribution in [0.2, 0.25) is 0 Å². The fourth-order valence-corrected chi connectivity index (χ4v) is 5.82. The monoisotopic (exact) mass is 553 g/mol. The molecule has 5 heterocycles. The number of ether oxygens (including phenoxy) is 1. The first-order valence-corrected chi connectivity index (χ1v) is 14.0. The third-order valence-electron chi connectivity index (χ3n) is 8.01. The van der Waals surface area contributed by atoms with Gasteiger partial charge >= 0.3 is 0 Å². The van der Waals surface area contributed by atoms with Crippen LogP contribution >= 0.6 is 0 Å². The molecule has 0 saturated carbocycles. The number of imide groups is 1. The maximum atomic E-state index is 13.6. The smallest absolute Gasteiger partial charge is 0.255 e. The number of rotatable bonds is 6. The van der Waals surface area contributed by atoms with Crippen molar-refractivity contribution in [3.8, 4) is 17.1 Å². The summed E-state index contributed by atoms with van der Waals surface area (Å²) in [5.74, 6) is -0.417. The van der Waals surface area contributed by atoms with Gasteiger partial charge in [0.05, 0.1) is 17.4 Å². The Morgan fingerprint density at radius 2 is 1.80 bits per heavy atom. The largest absolute Gasteiger partial charge is 0.491 e. The molecule has 10 heteroatoms. The van der Waals surface area contributed by atoms with Crippen LogP contribution in [0.15, 0.2) is 54.9 Å². The summed E-state index contributed by atoms with van der Waals surface area (Å²) in [5, 5.41) is 2.32. The van der Waals surface area contributed by atoms with Crippen LogP contribution in [-0.2, 0) is 16.1 Å². The van der Waals surface area contributed by atoms with Gasteiger partial charge in [0.1, 0.15) is 18.4 Å². The van der Waals surface area contributed by atoms with Crippen molar-refractivity contribution >= 4 is 23.6 Å². The molecule has 1 N–H and O–H groups in total. The van der Waals surface area contributed by atoms with Crippen LogP contribution in [0.5, 0.6) is 5.75 Å². The lowest BCUT2D eigenvalue weighted by atomic mass is 10.0. The van der Waals surface area contributed by atoms with Gasteiger partial charge in [0, 0.05) is 43.0 Å². The van der Waals surface area contributed by atoms with Gasteiger partial charge in [-0.05, 0) is 86.2 Å². The normalized spacial score (nSPS) is 20.6. The van der Waals surface area contributed by atoms with Gasteiger partial charge in [0.25, 0.3) is 11.8 Å². The van der Waals surface area contributed by atoms with E-state index < -0.39 is 11.9 Å². The van der Waals surface area contributed by atoms with E-state index in [1.165, 1.54) is 4.90 Å². The van der Waals surface area contributed by atoms with Gasteiger partial charge in [-0.15, -0.1) is 0 Å². The molecule has 2 atom stereocenters. The molecule has 6 rings (SSSR count). The molecule has 3 aliphatic rings. The number of carbonyl (C=O) groups is 4. The Hall–Kier alpha value is -4.60. The molecular weight excluding hydrogens is 522 g/mol. The molecule has 0 spiro atoms. The molecule has 10 nitrogen and oxygen atoms in total. The van der Waals surface area contributed by atoms with Crippen molar-refractivity contribution in [2.75, 3.05) is 13.2 Å². The zero-order valence-electron chi connectivity index (χ0n) is 22.8. The Labute approximate surface area is 237 Å². The van der Waals surface area contributed by atoms with Crippen LogP contribution in [0, 0.1) is 6.92 Å². The van der Waals surface area contributed by atoms with Gasteiger partial charge in [0.2, 0.25) is 11.8 Å². The number of pyridine rings is 2. The number of aryl methyl sites for hydroxylation is 1. The van der Waals surface area contributed by atoms with Crippen molar-refractivity contribution in [2.24, 2.45) is 0 Å². The summed E-state index contributed by atoms with van der Waals surface area (Å²) in [6.07, 6.45) is 6.68. The Kier molecular flexibility index (Phi) is 7.21. The number of hydrogen-bond acceptors (Lipinski definition) is 7. The fourth-order valence-electron chi connectivity index (χ4n) is 5.82. The van der Waals surface area contributed by atoms with Gasteiger partial charge < -0.3 is 14.5 Å². The Bertz CT molecular complexity index is 1540. The molecule has 210 valence electrons. The summed E-state index contributed by atoms with van der Waals surface area (Å²) < 4.78 is 6.17. The molecule has 0 bridgehead atoms. The lowest BCUT2D eigenvalue weighted by Gasteiger charge is -2.35. The Balaban J connectivity index is 1.13. The predicted molar refractivity (Wildman–Crippen MR) is 149 cm³/mol. The van der Waals surface area contributed by atoms with Crippen LogP contribution in [0.4, 0.5) is 0 Å². The zero-order valence-corrected chi connectivity index (χ0v) is 22.8. The number of piperidine rings is 2. The number of fused-ring (bicyclic) bond motifs is 1. The number of aromatic nitrogens is 2. The number of nitrogens with one attached hydrogen (secondary N) is 1. The summed E-state index contributed by atoms with van der Waals surface area (Å²) >= 11 is 0. The van der Waals surface area contributed by atoms with Crippen molar-refractivity contribution < 1.29 is 23.9 Å². The van der Waals surface area contributed by atoms with E-state index in [1.54, 1.807) is 36.7 Å². The molecule has 1 aromatic carbocycles. The van der Waals surface area contributed by atoms with Gasteiger partial charge in [-0.25, -0.2) is 0 Å². The van der Waals surface area contributed by atoms with Crippen molar-refractivity contribution in [1.29, 1.82) is 0 Å². The molecule has 4 amide bonds. The molecule has 1 unspecified atom stereocenters. The maximum absolute atomic E-state index is 13.6. The van der Waals surface area contributed by atoms with Gasteiger partial charge in [-0.3, -0.25) is 34.5 Å². The zero-order chi connectivity index (χ0) is 28.5. The minimum absolute atomic E-state index is 0.0611. The highest BCUT2D eigenvalue weighted by Crippen LogP contribution is 2.31. The van der Waals surface area contributed by atoms with Gasteiger partial charge in [0.15, 0.2) is 0 Å². The Morgan fingerprint density at radius 1 is 1.00 bits per heavy atom. The number of carbonyl (C=O) groups excluding carboxylic acids is 4. The standard InChI is InChI=1S/C31H31N5O5/c1-19-9-11-32-25(14-19)26-16-20(10-12-33-26)30(39)35-13-3-2-4-22(35)18-41-23-5-6-24-21(15-23)17-36(31(24)40)27-7-8-28(37)34-29(27)38/h5-6,9-12,14-16,22,27H,2-4,7-8,13,17-18H2,1H3,(H,34,37,38)/t22-,27?/m0/s1. The van der Waals surface area contributed by atoms with E-state index in [1.807, 2.05) is 30.0 Å². The second-order valence-electron chi connectivity index (χ2n) is 10.8. The van der Waals surface area contributed by atoms with Crippen LogP contribution in [0.1, 0.15) is 63.9 Å². The average Bonchev–Trinajstić information content (AvgIpc) is 3.31. The number of hydrogen-bond donors (Lipinski definition) is 1. The average molecular weight is 554 g/mol. The fraction of sp³-hybridized carbons (Fsp3) is 0.355. The first-order chi connectivity index (χ1) is 19.9. The summed E-state index contributed by atoms with van der Waals surface area (Å²) in [4.78, 5) is 62.7. The van der Waals surface area contributed by atoms with Crippen LogP contribution in [0.25, 0.3) is 11.4 Å². The second-order valence-corrected chi connectivity index (χ2v) is 10.8. The number of benzene rings is 1. The minimum Gasteiger partial charge on any atom is -0.491 e. The van der Waals surface area contributed by atoms with E-state index in [0.29, 0.717) is 42.1 Å².